The van der Waals surface area contributed by atoms with Crippen molar-refractivity contribution in [1.82, 2.24) is 14.9 Å². The van der Waals surface area contributed by atoms with Crippen molar-refractivity contribution in [2.24, 2.45) is 11.7 Å². The van der Waals surface area contributed by atoms with Crippen molar-refractivity contribution in [2.75, 3.05) is 6.54 Å². The number of carbonyl (C=O) groups excluding carboxylic acids is 1. The molecule has 2 unspecified atom stereocenters. The van der Waals surface area contributed by atoms with E-state index >= 15 is 0 Å². The number of carbonyl (C=O) groups is 1. The van der Waals surface area contributed by atoms with E-state index in [1.165, 1.54) is 0 Å². The fourth-order valence-electron chi connectivity index (χ4n) is 1.70. The highest BCUT2D eigenvalue weighted by Crippen LogP contribution is 2.27. The van der Waals surface area contributed by atoms with Gasteiger partial charge in [0, 0.05) is 31.5 Å². The summed E-state index contributed by atoms with van der Waals surface area (Å²) in [5.74, 6) is 0.198. The first-order valence-electron chi connectivity index (χ1n) is 5.76. The van der Waals surface area contributed by atoms with Crippen LogP contribution in [0.25, 0.3) is 0 Å². The number of nitrogens with one attached hydrogen (secondary N) is 1. The lowest BCUT2D eigenvalue weighted by Crippen LogP contribution is -2.28. The van der Waals surface area contributed by atoms with E-state index in [0.29, 0.717) is 0 Å². The monoisotopic (exact) mass is 222 g/mol. The van der Waals surface area contributed by atoms with Gasteiger partial charge in [0.25, 0.3) is 0 Å². The van der Waals surface area contributed by atoms with Crippen molar-refractivity contribution in [3.63, 3.8) is 0 Å². The Kier molecular flexibility index (Phi) is 3.56. The Morgan fingerprint density at radius 2 is 2.38 bits per heavy atom. The highest BCUT2D eigenvalue weighted by atomic mass is 16.2. The Morgan fingerprint density at radius 1 is 1.56 bits per heavy atom. The van der Waals surface area contributed by atoms with E-state index < -0.39 is 0 Å². The molecule has 5 nitrogen and oxygen atoms in total. The number of imidazole rings is 1. The molecule has 0 spiro atoms. The van der Waals surface area contributed by atoms with Crippen LogP contribution in [0, 0.1) is 5.92 Å². The number of nitrogens with zero attached hydrogens (tertiary/aromatic N) is 2. The number of hydrogen-bond acceptors (Lipinski definition) is 3. The number of aryl methyl sites for hydroxylation is 1. The molecule has 2 atom stereocenters. The SMILES string of the molecule is NC1CC1C(=O)NCCCCn1ccnc1. The summed E-state index contributed by atoms with van der Waals surface area (Å²) < 4.78 is 2.04. The number of nitrogens with two attached hydrogens (primary N) is 1. The van der Waals surface area contributed by atoms with Gasteiger partial charge >= 0.3 is 0 Å². The molecule has 1 aromatic heterocycles. The van der Waals surface area contributed by atoms with Crippen LogP contribution >= 0.6 is 0 Å². The molecule has 0 aliphatic heterocycles. The van der Waals surface area contributed by atoms with E-state index in [9.17, 15) is 4.79 Å². The molecule has 1 amide bonds. The van der Waals surface area contributed by atoms with Crippen LogP contribution in [0.3, 0.4) is 0 Å². The van der Waals surface area contributed by atoms with Gasteiger partial charge in [-0.2, -0.15) is 0 Å². The van der Waals surface area contributed by atoms with Gasteiger partial charge in [0.1, 0.15) is 0 Å². The zero-order valence-corrected chi connectivity index (χ0v) is 9.30. The number of unbranched alkanes of at least 4 members (excludes halogenated alkanes) is 1. The second-order valence-electron chi connectivity index (χ2n) is 4.30. The zero-order chi connectivity index (χ0) is 11.4. The maximum Gasteiger partial charge on any atom is 0.224 e. The number of aromatic nitrogens is 2. The maximum absolute atomic E-state index is 11.4. The lowest BCUT2D eigenvalue weighted by molar-refractivity contribution is -0.122. The molecule has 1 aliphatic carbocycles. The Morgan fingerprint density at radius 3 is 3.00 bits per heavy atom. The highest BCUT2D eigenvalue weighted by molar-refractivity contribution is 5.82. The minimum Gasteiger partial charge on any atom is -0.356 e. The number of amides is 1. The standard InChI is InChI=1S/C11H18N4O/c12-10-7-9(10)11(16)14-3-1-2-5-15-6-4-13-8-15/h4,6,8-10H,1-3,5,7,12H2,(H,14,16). The molecule has 0 aromatic carbocycles. The quantitative estimate of drug-likeness (QED) is 0.672. The molecule has 1 heterocycles. The average molecular weight is 222 g/mol. The molecule has 1 fully saturated rings. The minimum atomic E-state index is 0.0775. The predicted molar refractivity (Wildman–Crippen MR) is 60.6 cm³/mol. The van der Waals surface area contributed by atoms with Gasteiger partial charge in [-0.3, -0.25) is 4.79 Å². The highest BCUT2D eigenvalue weighted by Gasteiger charge is 2.39. The van der Waals surface area contributed by atoms with Crippen molar-refractivity contribution >= 4 is 5.91 Å². The van der Waals surface area contributed by atoms with Gasteiger partial charge in [0.15, 0.2) is 0 Å². The summed E-state index contributed by atoms with van der Waals surface area (Å²) >= 11 is 0. The van der Waals surface area contributed by atoms with Gasteiger partial charge in [-0.15, -0.1) is 0 Å². The summed E-state index contributed by atoms with van der Waals surface area (Å²) in [6, 6.07) is 0.103. The topological polar surface area (TPSA) is 72.9 Å². The average Bonchev–Trinajstić information content (AvgIpc) is 2.80. The first-order valence-corrected chi connectivity index (χ1v) is 5.76. The van der Waals surface area contributed by atoms with Crippen LogP contribution in [-0.2, 0) is 11.3 Å². The van der Waals surface area contributed by atoms with E-state index in [4.69, 9.17) is 5.73 Å². The molecule has 1 saturated carbocycles. The third-order valence-electron chi connectivity index (χ3n) is 2.88. The zero-order valence-electron chi connectivity index (χ0n) is 9.30. The van der Waals surface area contributed by atoms with E-state index in [0.717, 1.165) is 32.4 Å². The Bertz CT molecular complexity index is 336. The molecular weight excluding hydrogens is 204 g/mol. The fourth-order valence-corrected chi connectivity index (χ4v) is 1.70. The summed E-state index contributed by atoms with van der Waals surface area (Å²) in [4.78, 5) is 15.4. The number of rotatable bonds is 6. The smallest absolute Gasteiger partial charge is 0.224 e. The Hall–Kier alpha value is -1.36. The summed E-state index contributed by atoms with van der Waals surface area (Å²) in [7, 11) is 0. The van der Waals surface area contributed by atoms with Crippen LogP contribution < -0.4 is 11.1 Å². The van der Waals surface area contributed by atoms with Crippen molar-refractivity contribution in [3.05, 3.63) is 18.7 Å². The van der Waals surface area contributed by atoms with Crippen LogP contribution in [0.15, 0.2) is 18.7 Å². The van der Waals surface area contributed by atoms with Crippen molar-refractivity contribution in [1.29, 1.82) is 0 Å². The summed E-state index contributed by atoms with van der Waals surface area (Å²) in [6.07, 6.45) is 8.42. The maximum atomic E-state index is 11.4. The van der Waals surface area contributed by atoms with Crippen LogP contribution in [0.5, 0.6) is 0 Å². The molecule has 0 radical (unpaired) electrons. The second kappa shape index (κ2) is 5.12. The van der Waals surface area contributed by atoms with Gasteiger partial charge in [-0.05, 0) is 19.3 Å². The van der Waals surface area contributed by atoms with Crippen molar-refractivity contribution in [3.8, 4) is 0 Å². The molecule has 88 valence electrons. The summed E-state index contributed by atoms with van der Waals surface area (Å²) in [5, 5.41) is 2.91. The predicted octanol–water partition coefficient (Wildman–Crippen LogP) is 0.127. The third-order valence-corrected chi connectivity index (χ3v) is 2.88. The van der Waals surface area contributed by atoms with E-state index in [2.05, 4.69) is 10.3 Å². The van der Waals surface area contributed by atoms with E-state index in [1.807, 2.05) is 17.1 Å². The molecule has 0 saturated heterocycles. The molecule has 3 N–H and O–H groups in total. The van der Waals surface area contributed by atoms with Gasteiger partial charge in [-0.1, -0.05) is 0 Å². The fraction of sp³-hybridized carbons (Fsp3) is 0.636. The Balaban J connectivity index is 1.50. The minimum absolute atomic E-state index is 0.0775. The third kappa shape index (κ3) is 3.06. The van der Waals surface area contributed by atoms with Gasteiger partial charge in [0.05, 0.1) is 12.2 Å². The van der Waals surface area contributed by atoms with Crippen LogP contribution in [0.4, 0.5) is 0 Å². The van der Waals surface area contributed by atoms with Crippen LogP contribution in [-0.4, -0.2) is 28.0 Å². The van der Waals surface area contributed by atoms with E-state index in [-0.39, 0.29) is 17.9 Å². The molecule has 16 heavy (non-hydrogen) atoms. The molecule has 1 aromatic rings. The van der Waals surface area contributed by atoms with Crippen molar-refractivity contribution in [2.45, 2.75) is 31.8 Å². The lowest BCUT2D eigenvalue weighted by atomic mass is 10.3. The normalized spacial score (nSPS) is 23.1. The lowest BCUT2D eigenvalue weighted by Gasteiger charge is -2.04. The van der Waals surface area contributed by atoms with Crippen LogP contribution in [0.1, 0.15) is 19.3 Å². The largest absolute Gasteiger partial charge is 0.356 e. The molecule has 1 aliphatic rings. The second-order valence-corrected chi connectivity index (χ2v) is 4.30. The van der Waals surface area contributed by atoms with E-state index in [1.54, 1.807) is 6.20 Å². The van der Waals surface area contributed by atoms with Crippen molar-refractivity contribution < 1.29 is 4.79 Å². The summed E-state index contributed by atoms with van der Waals surface area (Å²) in [5.41, 5.74) is 5.59. The molecule has 0 bridgehead atoms. The van der Waals surface area contributed by atoms with Gasteiger partial charge in [0.2, 0.25) is 5.91 Å². The summed E-state index contributed by atoms with van der Waals surface area (Å²) in [6.45, 7) is 1.70. The van der Waals surface area contributed by atoms with Gasteiger partial charge < -0.3 is 15.6 Å². The van der Waals surface area contributed by atoms with Crippen LogP contribution in [0.2, 0.25) is 0 Å². The number of hydrogen-bond donors (Lipinski definition) is 2. The molecule has 5 heteroatoms. The molecule has 2 rings (SSSR count). The van der Waals surface area contributed by atoms with Gasteiger partial charge in [-0.25, -0.2) is 4.98 Å². The molecular formula is C11H18N4O. The Labute approximate surface area is 95.0 Å². The first-order chi connectivity index (χ1) is 7.77. The first kappa shape index (κ1) is 11.1.